The summed E-state index contributed by atoms with van der Waals surface area (Å²) in [6.45, 7) is 2.02. The van der Waals surface area contributed by atoms with Crippen LogP contribution < -0.4 is 5.32 Å². The van der Waals surface area contributed by atoms with Crippen LogP contribution >= 0.6 is 0 Å². The van der Waals surface area contributed by atoms with Crippen LogP contribution in [-0.2, 0) is 4.74 Å². The number of nitriles is 2. The number of esters is 1. The summed E-state index contributed by atoms with van der Waals surface area (Å²) in [5.41, 5.74) is 1.49. The van der Waals surface area contributed by atoms with Crippen LogP contribution in [0.1, 0.15) is 17.4 Å². The molecule has 0 amide bonds. The molecule has 0 aliphatic heterocycles. The number of nitrogens with one attached hydrogen (secondary N) is 1. The topological polar surface area (TPSA) is 98.8 Å². The molecular formula is C16H12N4O2. The number of fused-ring (bicyclic) bond motifs is 1. The first kappa shape index (κ1) is 15.0. The van der Waals surface area contributed by atoms with Crippen LogP contribution in [0.2, 0.25) is 0 Å². The molecule has 0 bridgehead atoms. The van der Waals surface area contributed by atoms with Crippen LogP contribution in [0.3, 0.4) is 0 Å². The van der Waals surface area contributed by atoms with E-state index in [0.717, 1.165) is 5.39 Å². The van der Waals surface area contributed by atoms with Crippen LogP contribution in [0.5, 0.6) is 0 Å². The van der Waals surface area contributed by atoms with Crippen molar-refractivity contribution >= 4 is 22.6 Å². The zero-order valence-electron chi connectivity index (χ0n) is 11.8. The first-order valence-corrected chi connectivity index (χ1v) is 6.53. The maximum Gasteiger partial charge on any atom is 0.356 e. The number of allylic oxidation sites excluding steroid dienone is 1. The molecule has 2 aromatic rings. The number of carbonyl (C=O) groups is 1. The fourth-order valence-electron chi connectivity index (χ4n) is 1.84. The summed E-state index contributed by atoms with van der Waals surface area (Å²) in [5.74, 6) is -0.473. The summed E-state index contributed by atoms with van der Waals surface area (Å²) < 4.78 is 4.92. The van der Waals surface area contributed by atoms with Crippen molar-refractivity contribution in [2.45, 2.75) is 6.92 Å². The molecule has 0 radical (unpaired) electrons. The summed E-state index contributed by atoms with van der Waals surface area (Å²) in [7, 11) is 0. The Kier molecular flexibility index (Phi) is 4.69. The zero-order chi connectivity index (χ0) is 15.9. The van der Waals surface area contributed by atoms with Crippen LogP contribution in [0.15, 0.2) is 42.1 Å². The van der Waals surface area contributed by atoms with Crippen molar-refractivity contribution < 1.29 is 9.53 Å². The number of hydrogen-bond donors (Lipinski definition) is 1. The average Bonchev–Trinajstić information content (AvgIpc) is 2.55. The molecule has 1 N–H and O–H groups in total. The minimum atomic E-state index is -0.473. The van der Waals surface area contributed by atoms with E-state index in [-0.39, 0.29) is 17.9 Å². The fourth-order valence-corrected chi connectivity index (χ4v) is 1.84. The fraction of sp³-hybridized carbons (Fsp3) is 0.125. The smallest absolute Gasteiger partial charge is 0.356 e. The van der Waals surface area contributed by atoms with E-state index in [0.29, 0.717) is 11.2 Å². The lowest BCUT2D eigenvalue weighted by molar-refractivity contribution is 0.0520. The molecule has 0 aliphatic carbocycles. The molecular weight excluding hydrogens is 280 g/mol. The van der Waals surface area contributed by atoms with Gasteiger partial charge in [-0.05, 0) is 31.2 Å². The average molecular weight is 292 g/mol. The van der Waals surface area contributed by atoms with Crippen LogP contribution in [0.25, 0.3) is 10.9 Å². The van der Waals surface area contributed by atoms with Gasteiger partial charge >= 0.3 is 5.97 Å². The lowest BCUT2D eigenvalue weighted by Gasteiger charge is -2.07. The lowest BCUT2D eigenvalue weighted by Crippen LogP contribution is -2.07. The van der Waals surface area contributed by atoms with Crippen LogP contribution in [0.4, 0.5) is 5.69 Å². The predicted octanol–water partition coefficient (Wildman–Crippen LogP) is 2.75. The molecule has 0 atom stereocenters. The molecule has 0 saturated carbocycles. The van der Waals surface area contributed by atoms with E-state index in [1.807, 2.05) is 0 Å². The predicted molar refractivity (Wildman–Crippen MR) is 80.6 cm³/mol. The van der Waals surface area contributed by atoms with E-state index in [9.17, 15) is 4.79 Å². The van der Waals surface area contributed by atoms with Gasteiger partial charge in [0.2, 0.25) is 0 Å². The Morgan fingerprint density at radius 3 is 2.77 bits per heavy atom. The number of benzene rings is 1. The highest BCUT2D eigenvalue weighted by Gasteiger charge is 2.10. The Morgan fingerprint density at radius 1 is 1.32 bits per heavy atom. The van der Waals surface area contributed by atoms with Crippen molar-refractivity contribution in [2.75, 3.05) is 11.9 Å². The Morgan fingerprint density at radius 2 is 2.09 bits per heavy atom. The third kappa shape index (κ3) is 3.20. The minimum Gasteiger partial charge on any atom is -0.461 e. The summed E-state index contributed by atoms with van der Waals surface area (Å²) in [5, 5.41) is 21.1. The van der Waals surface area contributed by atoms with E-state index in [1.165, 1.54) is 6.20 Å². The van der Waals surface area contributed by atoms with Gasteiger partial charge in [0.05, 0.1) is 12.1 Å². The molecule has 2 rings (SSSR count). The first-order valence-electron chi connectivity index (χ1n) is 6.53. The van der Waals surface area contributed by atoms with Gasteiger partial charge in [-0.1, -0.05) is 6.07 Å². The van der Waals surface area contributed by atoms with Gasteiger partial charge in [0.1, 0.15) is 23.4 Å². The van der Waals surface area contributed by atoms with Gasteiger partial charge in [-0.15, -0.1) is 0 Å². The maximum atomic E-state index is 11.7. The molecule has 6 heteroatoms. The van der Waals surface area contributed by atoms with E-state index < -0.39 is 5.97 Å². The van der Waals surface area contributed by atoms with Gasteiger partial charge < -0.3 is 10.1 Å². The van der Waals surface area contributed by atoms with E-state index >= 15 is 0 Å². The third-order valence-corrected chi connectivity index (χ3v) is 2.83. The van der Waals surface area contributed by atoms with Gasteiger partial charge in [0.15, 0.2) is 0 Å². The van der Waals surface area contributed by atoms with Gasteiger partial charge in [-0.2, -0.15) is 10.5 Å². The van der Waals surface area contributed by atoms with E-state index in [2.05, 4.69) is 10.3 Å². The standard InChI is InChI=1S/C16H12N4O2/c1-2-22-16(21)15-7-6-12-13(4-3-5-14(12)20-15)19-10-11(8-17)9-18/h3-7,10,19H,2H2,1H3. The molecule has 22 heavy (non-hydrogen) atoms. The van der Waals surface area contributed by atoms with Gasteiger partial charge in [-0.25, -0.2) is 9.78 Å². The molecule has 0 spiro atoms. The second-order valence-electron chi connectivity index (χ2n) is 4.22. The third-order valence-electron chi connectivity index (χ3n) is 2.83. The monoisotopic (exact) mass is 292 g/mol. The molecule has 1 aromatic heterocycles. The second kappa shape index (κ2) is 6.87. The SMILES string of the molecule is CCOC(=O)c1ccc2c(NC=C(C#N)C#N)cccc2n1. The molecule has 108 valence electrons. The summed E-state index contributed by atoms with van der Waals surface area (Å²) in [6, 6.07) is 12.2. The Hall–Kier alpha value is -3.38. The molecule has 0 fully saturated rings. The largest absolute Gasteiger partial charge is 0.461 e. The van der Waals surface area contributed by atoms with Crippen LogP contribution in [0, 0.1) is 22.7 Å². The number of hydrogen-bond acceptors (Lipinski definition) is 6. The summed E-state index contributed by atoms with van der Waals surface area (Å²) in [4.78, 5) is 15.9. The van der Waals surface area contributed by atoms with E-state index in [1.54, 1.807) is 49.4 Å². The van der Waals surface area contributed by atoms with Crippen molar-refractivity contribution in [3.8, 4) is 12.1 Å². The number of rotatable bonds is 4. The molecule has 0 aliphatic rings. The molecule has 1 aromatic carbocycles. The molecule has 0 saturated heterocycles. The Labute approximate surface area is 127 Å². The van der Waals surface area contributed by atoms with Crippen molar-refractivity contribution in [3.63, 3.8) is 0 Å². The van der Waals surface area contributed by atoms with E-state index in [4.69, 9.17) is 15.3 Å². The quantitative estimate of drug-likeness (QED) is 0.687. The van der Waals surface area contributed by atoms with Gasteiger partial charge in [-0.3, -0.25) is 0 Å². The number of nitrogens with zero attached hydrogens (tertiary/aromatic N) is 3. The second-order valence-corrected chi connectivity index (χ2v) is 4.22. The lowest BCUT2D eigenvalue weighted by atomic mass is 10.1. The highest BCUT2D eigenvalue weighted by atomic mass is 16.5. The highest BCUT2D eigenvalue weighted by Crippen LogP contribution is 2.22. The van der Waals surface area contributed by atoms with Crippen molar-refractivity contribution in [1.29, 1.82) is 10.5 Å². The van der Waals surface area contributed by atoms with Crippen molar-refractivity contribution in [2.24, 2.45) is 0 Å². The zero-order valence-corrected chi connectivity index (χ0v) is 11.8. The molecule has 1 heterocycles. The Balaban J connectivity index is 2.39. The highest BCUT2D eigenvalue weighted by molar-refractivity contribution is 5.96. The first-order chi connectivity index (χ1) is 10.7. The molecule has 6 nitrogen and oxygen atoms in total. The van der Waals surface area contributed by atoms with Crippen LogP contribution in [-0.4, -0.2) is 17.6 Å². The maximum absolute atomic E-state index is 11.7. The number of ether oxygens (including phenoxy) is 1. The van der Waals surface area contributed by atoms with Gasteiger partial charge in [0.25, 0.3) is 0 Å². The Bertz CT molecular complexity index is 812. The molecule has 0 unspecified atom stereocenters. The minimum absolute atomic E-state index is 0.0342. The summed E-state index contributed by atoms with van der Waals surface area (Å²) in [6.07, 6.45) is 1.33. The number of carbonyl (C=O) groups excluding carboxylic acids is 1. The van der Waals surface area contributed by atoms with Crippen molar-refractivity contribution in [3.05, 3.63) is 47.8 Å². The number of aromatic nitrogens is 1. The summed E-state index contributed by atoms with van der Waals surface area (Å²) >= 11 is 0. The van der Waals surface area contributed by atoms with Crippen molar-refractivity contribution in [1.82, 2.24) is 4.98 Å². The number of anilines is 1. The number of pyridine rings is 1. The van der Waals surface area contributed by atoms with Gasteiger partial charge in [0, 0.05) is 17.3 Å². The normalized spacial score (nSPS) is 9.41.